The van der Waals surface area contributed by atoms with Crippen molar-refractivity contribution in [3.05, 3.63) is 63.4 Å². The van der Waals surface area contributed by atoms with Gasteiger partial charge in [0.25, 0.3) is 0 Å². The Morgan fingerprint density at radius 2 is 1.70 bits per heavy atom. The predicted octanol–water partition coefficient (Wildman–Crippen LogP) is 5.87. The largest absolute Gasteiger partial charge is 0.393 e. The van der Waals surface area contributed by atoms with Crippen molar-refractivity contribution >= 4 is 41.7 Å². The summed E-state index contributed by atoms with van der Waals surface area (Å²) in [5, 5.41) is 18.2. The molecule has 1 heterocycles. The number of carbonyl (C=O) groups is 2. The highest BCUT2D eigenvalue weighted by Crippen LogP contribution is 2.41. The molecule has 0 bridgehead atoms. The van der Waals surface area contributed by atoms with Crippen LogP contribution in [0.4, 0.5) is 10.1 Å². The smallest absolute Gasteiger partial charge is 0.211 e. The lowest BCUT2D eigenvalue weighted by Crippen LogP contribution is -2.24. The van der Waals surface area contributed by atoms with Gasteiger partial charge in [0.1, 0.15) is 5.82 Å². The maximum atomic E-state index is 14.0. The summed E-state index contributed by atoms with van der Waals surface area (Å²) in [7, 11) is 0. The van der Waals surface area contributed by atoms with Crippen LogP contribution in [-0.4, -0.2) is 43.2 Å². The van der Waals surface area contributed by atoms with E-state index in [0.29, 0.717) is 35.5 Å². The van der Waals surface area contributed by atoms with Crippen LogP contribution in [0.15, 0.2) is 36.4 Å². The third kappa shape index (κ3) is 10.6. The molecule has 9 heteroatoms. The molecule has 2 aromatic rings. The molecule has 6 nitrogen and oxygen atoms in total. The lowest BCUT2D eigenvalue weighted by Gasteiger charge is -2.22. The van der Waals surface area contributed by atoms with Gasteiger partial charge >= 0.3 is 0 Å². The second-order valence-electron chi connectivity index (χ2n) is 11.0. The van der Waals surface area contributed by atoms with Gasteiger partial charge in [-0.2, -0.15) is 0 Å². The molecule has 2 fully saturated rings. The van der Waals surface area contributed by atoms with Crippen molar-refractivity contribution in [1.29, 1.82) is 0 Å². The van der Waals surface area contributed by atoms with E-state index >= 15 is 0 Å². The highest BCUT2D eigenvalue weighted by atomic mass is 35.5. The Labute approximate surface area is 229 Å². The fourth-order valence-corrected chi connectivity index (χ4v) is 4.72. The maximum Gasteiger partial charge on any atom is 0.211 e. The van der Waals surface area contributed by atoms with E-state index in [1.54, 1.807) is 0 Å². The average Bonchev–Trinajstić information content (AvgIpc) is 3.45. The van der Waals surface area contributed by atoms with Gasteiger partial charge in [0.05, 0.1) is 11.1 Å². The molecule has 1 aliphatic heterocycles. The average molecular weight is 555 g/mol. The highest BCUT2D eigenvalue weighted by molar-refractivity contribution is 6.31. The van der Waals surface area contributed by atoms with E-state index in [-0.39, 0.29) is 29.0 Å². The van der Waals surface area contributed by atoms with Crippen molar-refractivity contribution in [2.75, 3.05) is 18.4 Å². The summed E-state index contributed by atoms with van der Waals surface area (Å²) >= 11 is 11.9. The van der Waals surface area contributed by atoms with Crippen molar-refractivity contribution in [2.45, 2.75) is 70.9 Å². The number of anilines is 1. The third-order valence-corrected chi connectivity index (χ3v) is 6.43. The Hall–Kier alpha value is -2.19. The van der Waals surface area contributed by atoms with E-state index in [0.717, 1.165) is 36.9 Å². The number of nitrogens with one attached hydrogen (secondary N) is 3. The first-order valence-corrected chi connectivity index (χ1v) is 13.2. The summed E-state index contributed by atoms with van der Waals surface area (Å²) in [6.07, 6.45) is 3.54. The molecule has 37 heavy (non-hydrogen) atoms. The summed E-state index contributed by atoms with van der Waals surface area (Å²) in [5.41, 5.74) is 2.85. The maximum absolute atomic E-state index is 14.0. The molecule has 1 saturated carbocycles. The Bertz CT molecular complexity index is 1030. The van der Waals surface area contributed by atoms with Crippen molar-refractivity contribution in [3.8, 4) is 0 Å². The molecule has 2 aromatic carbocycles. The number of carbonyl (C=O) groups excluding carboxylic acids is 2. The zero-order chi connectivity index (χ0) is 27.6. The van der Waals surface area contributed by atoms with Crippen LogP contribution in [0.25, 0.3) is 0 Å². The van der Waals surface area contributed by atoms with E-state index in [4.69, 9.17) is 28.3 Å². The molecule has 0 aromatic heterocycles. The summed E-state index contributed by atoms with van der Waals surface area (Å²) in [6, 6.07) is 10.7. The van der Waals surface area contributed by atoms with E-state index < -0.39 is 5.82 Å². The lowest BCUT2D eigenvalue weighted by molar-refractivity contribution is -0.110. The van der Waals surface area contributed by atoms with Gasteiger partial charge in [0.2, 0.25) is 12.8 Å². The van der Waals surface area contributed by atoms with Crippen LogP contribution >= 0.6 is 23.2 Å². The van der Waals surface area contributed by atoms with Gasteiger partial charge in [-0.25, -0.2) is 4.39 Å². The minimum atomic E-state index is -0.491. The number of hydrogen-bond acceptors (Lipinski definition) is 4. The van der Waals surface area contributed by atoms with Crippen LogP contribution in [-0.2, 0) is 9.59 Å². The van der Waals surface area contributed by atoms with Crippen molar-refractivity contribution < 1.29 is 19.1 Å². The molecular formula is C28H38Cl2FN3O3. The molecular weight excluding hydrogens is 516 g/mol. The third-order valence-electron chi connectivity index (χ3n) is 5.91. The molecule has 4 atom stereocenters. The summed E-state index contributed by atoms with van der Waals surface area (Å²) in [5.74, 6) is -0.334. The minimum Gasteiger partial charge on any atom is -0.393 e. The monoisotopic (exact) mass is 553 g/mol. The van der Waals surface area contributed by atoms with Crippen LogP contribution < -0.4 is 16.0 Å². The minimum absolute atomic E-state index is 0.0108. The second kappa shape index (κ2) is 14.7. The first-order chi connectivity index (χ1) is 17.4. The first-order valence-electron chi connectivity index (χ1n) is 12.5. The SMILES string of the molecule is CC(C)(C)C.O=CNC1CCC(O)C1.O=CNc1cc(Cl)c(F)cc1C1CNCC1c1cccc(Cl)c1. The van der Waals surface area contributed by atoms with Crippen molar-refractivity contribution in [2.24, 2.45) is 5.41 Å². The molecule has 204 valence electrons. The van der Waals surface area contributed by atoms with E-state index in [1.807, 2.05) is 24.3 Å². The van der Waals surface area contributed by atoms with Crippen molar-refractivity contribution in [1.82, 2.24) is 10.6 Å². The fraction of sp³-hybridized carbons (Fsp3) is 0.500. The predicted molar refractivity (Wildman–Crippen MR) is 149 cm³/mol. The van der Waals surface area contributed by atoms with Gasteiger partial charge in [0, 0.05) is 41.7 Å². The molecule has 1 aliphatic carbocycles. The van der Waals surface area contributed by atoms with Gasteiger partial charge < -0.3 is 21.1 Å². The van der Waals surface area contributed by atoms with Gasteiger partial charge in [-0.15, -0.1) is 0 Å². The van der Waals surface area contributed by atoms with Gasteiger partial charge in [-0.3, -0.25) is 9.59 Å². The summed E-state index contributed by atoms with van der Waals surface area (Å²) < 4.78 is 14.0. The molecule has 4 rings (SSSR count). The molecule has 0 spiro atoms. The zero-order valence-corrected chi connectivity index (χ0v) is 23.4. The van der Waals surface area contributed by atoms with E-state index in [2.05, 4.69) is 43.6 Å². The first kappa shape index (κ1) is 31.0. The second-order valence-corrected chi connectivity index (χ2v) is 11.8. The number of aliphatic hydroxyl groups excluding tert-OH is 1. The Balaban J connectivity index is 0.000000283. The number of halogens is 3. The molecule has 4 N–H and O–H groups in total. The standard InChI is InChI=1S/C17H15Cl2FN2O.C6H11NO2.C5H12/c18-11-3-1-2-10(4-11)13-7-21-8-14(13)12-5-16(20)15(19)6-17(12)22-9-23;8-4-7-5-1-2-6(9)3-5;1-5(2,3)4/h1-6,9,13-14,21H,7-8H2,(H,22,23);4-6,9H,1-3H2,(H,7,8);1-4H3. The summed E-state index contributed by atoms with van der Waals surface area (Å²) in [6.45, 7) is 10.2. The van der Waals surface area contributed by atoms with Crippen LogP contribution in [0.2, 0.25) is 10.0 Å². The number of rotatable bonds is 6. The van der Waals surface area contributed by atoms with Crippen LogP contribution in [0, 0.1) is 11.2 Å². The topological polar surface area (TPSA) is 90.5 Å². The van der Waals surface area contributed by atoms with Crippen LogP contribution in [0.3, 0.4) is 0 Å². The normalized spacial score (nSPS) is 22.7. The molecule has 4 unspecified atom stereocenters. The number of benzene rings is 2. The molecule has 1 saturated heterocycles. The van der Waals surface area contributed by atoms with Gasteiger partial charge in [0.15, 0.2) is 0 Å². The Morgan fingerprint density at radius 3 is 2.27 bits per heavy atom. The quantitative estimate of drug-likeness (QED) is 0.337. The van der Waals surface area contributed by atoms with E-state index in [1.165, 1.54) is 12.1 Å². The van der Waals surface area contributed by atoms with E-state index in [9.17, 15) is 14.0 Å². The highest BCUT2D eigenvalue weighted by Gasteiger charge is 2.32. The lowest BCUT2D eigenvalue weighted by atomic mass is 9.83. The Kier molecular flexibility index (Phi) is 12.3. The van der Waals surface area contributed by atoms with Crippen LogP contribution in [0.1, 0.15) is 69.9 Å². The van der Waals surface area contributed by atoms with Gasteiger partial charge in [-0.1, -0.05) is 63.0 Å². The van der Waals surface area contributed by atoms with Crippen LogP contribution in [0.5, 0.6) is 0 Å². The molecule has 0 radical (unpaired) electrons. The number of aliphatic hydroxyl groups is 1. The number of hydrogen-bond donors (Lipinski definition) is 4. The fourth-order valence-electron chi connectivity index (χ4n) is 4.36. The number of amides is 2. The Morgan fingerprint density at radius 1 is 1.03 bits per heavy atom. The van der Waals surface area contributed by atoms with Gasteiger partial charge in [-0.05, 0) is 60.1 Å². The molecule has 2 aliphatic rings. The zero-order valence-electron chi connectivity index (χ0n) is 21.9. The summed E-state index contributed by atoms with van der Waals surface area (Å²) in [4.78, 5) is 20.7. The van der Waals surface area contributed by atoms with Crippen molar-refractivity contribution in [3.63, 3.8) is 0 Å². The molecule has 2 amide bonds.